The van der Waals surface area contributed by atoms with Crippen molar-refractivity contribution < 1.29 is 29.0 Å². The molecule has 0 spiro atoms. The fourth-order valence-electron chi connectivity index (χ4n) is 5.81. The number of amides is 1. The van der Waals surface area contributed by atoms with Gasteiger partial charge in [0.15, 0.2) is 6.10 Å². The number of carboxylic acids is 1. The summed E-state index contributed by atoms with van der Waals surface area (Å²) in [7, 11) is 2.49. The Morgan fingerprint density at radius 3 is 1.81 bits per heavy atom. The third kappa shape index (κ3) is 5.30. The molecule has 0 saturated heterocycles. The Labute approximate surface area is 244 Å². The van der Waals surface area contributed by atoms with Crippen LogP contribution in [0.3, 0.4) is 0 Å². The second-order valence-corrected chi connectivity index (χ2v) is 10.1. The number of hydrogen-bond acceptors (Lipinski definition) is 6. The molecule has 8 heteroatoms. The molecule has 0 heterocycles. The van der Waals surface area contributed by atoms with E-state index in [1.165, 1.54) is 14.2 Å². The monoisotopic (exact) mass is 564 g/mol. The molecule has 214 valence electrons. The summed E-state index contributed by atoms with van der Waals surface area (Å²) in [5.41, 5.74) is 4.17. The summed E-state index contributed by atoms with van der Waals surface area (Å²) in [5.74, 6) is -2.69. The van der Waals surface area contributed by atoms with Crippen LogP contribution in [0.1, 0.15) is 22.3 Å². The lowest BCUT2D eigenvalue weighted by Crippen LogP contribution is -2.62. The molecular formula is C34H32N2O6. The van der Waals surface area contributed by atoms with Crippen molar-refractivity contribution in [2.75, 3.05) is 14.2 Å². The van der Waals surface area contributed by atoms with Crippen LogP contribution in [0.15, 0.2) is 109 Å². The SMILES string of the molecule is COC(=O)[C@H](Cc1ccccc1)NC(=O)[C@H](NC1(c2ccccc2)c2ccccc2-c2ccccc21)C(OC)C(=O)O. The van der Waals surface area contributed by atoms with Crippen molar-refractivity contribution in [3.05, 3.63) is 131 Å². The van der Waals surface area contributed by atoms with Crippen molar-refractivity contribution in [2.45, 2.75) is 30.1 Å². The molecule has 1 aliphatic rings. The normalized spacial score (nSPS) is 15.0. The summed E-state index contributed by atoms with van der Waals surface area (Å²) in [4.78, 5) is 39.4. The number of nitrogens with one attached hydrogen (secondary N) is 2. The summed E-state index contributed by atoms with van der Waals surface area (Å²) >= 11 is 0. The predicted octanol–water partition coefficient (Wildman–Crippen LogP) is 3.92. The number of methoxy groups -OCH3 is 2. The largest absolute Gasteiger partial charge is 0.479 e. The van der Waals surface area contributed by atoms with Gasteiger partial charge in [-0.1, -0.05) is 109 Å². The van der Waals surface area contributed by atoms with Gasteiger partial charge in [0.2, 0.25) is 5.91 Å². The quantitative estimate of drug-likeness (QED) is 0.237. The summed E-state index contributed by atoms with van der Waals surface area (Å²) in [6.45, 7) is 0. The number of hydrogen-bond donors (Lipinski definition) is 3. The first-order chi connectivity index (χ1) is 20.4. The molecule has 1 unspecified atom stereocenters. The van der Waals surface area contributed by atoms with Crippen molar-refractivity contribution >= 4 is 17.8 Å². The molecule has 0 radical (unpaired) electrons. The Morgan fingerprint density at radius 1 is 0.762 bits per heavy atom. The van der Waals surface area contributed by atoms with E-state index in [1.54, 1.807) is 0 Å². The lowest BCUT2D eigenvalue weighted by Gasteiger charge is -2.39. The topological polar surface area (TPSA) is 114 Å². The molecule has 5 rings (SSSR count). The second-order valence-electron chi connectivity index (χ2n) is 10.1. The maximum atomic E-state index is 14.1. The Kier molecular flexibility index (Phi) is 8.47. The van der Waals surface area contributed by atoms with Gasteiger partial charge >= 0.3 is 11.9 Å². The highest BCUT2D eigenvalue weighted by atomic mass is 16.5. The van der Waals surface area contributed by atoms with Gasteiger partial charge in [-0.3, -0.25) is 10.1 Å². The Morgan fingerprint density at radius 2 is 1.29 bits per heavy atom. The van der Waals surface area contributed by atoms with E-state index in [2.05, 4.69) is 10.6 Å². The fraction of sp³-hybridized carbons (Fsp3) is 0.206. The summed E-state index contributed by atoms with van der Waals surface area (Å²) in [6.07, 6.45) is -1.42. The van der Waals surface area contributed by atoms with Crippen LogP contribution in [0.4, 0.5) is 0 Å². The highest BCUT2D eigenvalue weighted by Crippen LogP contribution is 2.51. The van der Waals surface area contributed by atoms with Gasteiger partial charge in [0, 0.05) is 13.5 Å². The molecule has 3 atom stereocenters. The molecule has 1 amide bonds. The van der Waals surface area contributed by atoms with Crippen LogP contribution in [0.5, 0.6) is 0 Å². The van der Waals surface area contributed by atoms with Gasteiger partial charge in [-0.15, -0.1) is 0 Å². The highest BCUT2D eigenvalue weighted by molar-refractivity contribution is 5.93. The van der Waals surface area contributed by atoms with E-state index in [9.17, 15) is 19.5 Å². The first-order valence-electron chi connectivity index (χ1n) is 13.6. The second kappa shape index (κ2) is 12.4. The zero-order chi connectivity index (χ0) is 29.7. The van der Waals surface area contributed by atoms with Crippen LogP contribution in [-0.2, 0) is 35.8 Å². The van der Waals surface area contributed by atoms with E-state index in [1.807, 2.05) is 109 Å². The maximum absolute atomic E-state index is 14.1. The zero-order valence-electron chi connectivity index (χ0n) is 23.3. The Hall–Kier alpha value is -4.79. The van der Waals surface area contributed by atoms with Crippen LogP contribution in [0.2, 0.25) is 0 Å². The lowest BCUT2D eigenvalue weighted by atomic mass is 9.79. The molecule has 8 nitrogen and oxygen atoms in total. The Bertz CT molecular complexity index is 1530. The number of carboxylic acid groups (broad SMARTS) is 1. The molecule has 3 N–H and O–H groups in total. The summed E-state index contributed by atoms with van der Waals surface area (Å²) in [6, 6.07) is 32.0. The van der Waals surface area contributed by atoms with Gasteiger partial charge in [-0.25, -0.2) is 9.59 Å². The molecule has 0 bridgehead atoms. The molecule has 4 aromatic carbocycles. The van der Waals surface area contributed by atoms with Crippen LogP contribution in [-0.4, -0.2) is 55.4 Å². The van der Waals surface area contributed by atoms with Gasteiger partial charge in [-0.2, -0.15) is 0 Å². The molecule has 0 aromatic heterocycles. The van der Waals surface area contributed by atoms with E-state index in [-0.39, 0.29) is 6.42 Å². The molecule has 0 aliphatic heterocycles. The number of fused-ring (bicyclic) bond motifs is 3. The number of ether oxygens (including phenoxy) is 2. The molecule has 0 fully saturated rings. The predicted molar refractivity (Wildman–Crippen MR) is 158 cm³/mol. The standard InChI is InChI=1S/C34H32N2O6/c1-41-30(32(38)39)29(31(37)35-28(33(40)42-2)21-22-13-5-3-6-14-22)36-34(23-15-7-4-8-16-23)26-19-11-9-17-24(26)25-18-10-12-20-27(25)34/h3-20,28-30,36H,21H2,1-2H3,(H,35,37)(H,38,39)/t28-,29+,30?/m0/s1. The number of carbonyl (C=O) groups is 3. The van der Waals surface area contributed by atoms with Crippen LogP contribution < -0.4 is 10.6 Å². The minimum atomic E-state index is -1.58. The number of aliphatic carboxylic acids is 1. The van der Waals surface area contributed by atoms with Crippen LogP contribution in [0.25, 0.3) is 11.1 Å². The average molecular weight is 565 g/mol. The third-order valence-electron chi connectivity index (χ3n) is 7.70. The number of benzene rings is 4. The number of carbonyl (C=O) groups excluding carboxylic acids is 2. The van der Waals surface area contributed by atoms with Crippen LogP contribution >= 0.6 is 0 Å². The molecule has 1 aliphatic carbocycles. The van der Waals surface area contributed by atoms with Gasteiger partial charge in [-0.05, 0) is 33.4 Å². The van der Waals surface area contributed by atoms with Crippen molar-refractivity contribution in [2.24, 2.45) is 0 Å². The molecular weight excluding hydrogens is 532 g/mol. The number of esters is 1. The molecule has 4 aromatic rings. The van der Waals surface area contributed by atoms with E-state index in [0.29, 0.717) is 0 Å². The Balaban J connectivity index is 1.63. The minimum absolute atomic E-state index is 0.159. The van der Waals surface area contributed by atoms with Crippen LogP contribution in [0, 0.1) is 0 Å². The lowest BCUT2D eigenvalue weighted by molar-refractivity contribution is -0.154. The van der Waals surface area contributed by atoms with Crippen molar-refractivity contribution in [1.82, 2.24) is 10.6 Å². The van der Waals surface area contributed by atoms with Gasteiger partial charge < -0.3 is 19.9 Å². The third-order valence-corrected chi connectivity index (χ3v) is 7.70. The van der Waals surface area contributed by atoms with Gasteiger partial charge in [0.05, 0.1) is 12.6 Å². The maximum Gasteiger partial charge on any atom is 0.335 e. The van der Waals surface area contributed by atoms with E-state index in [4.69, 9.17) is 9.47 Å². The first kappa shape index (κ1) is 28.7. The van der Waals surface area contributed by atoms with E-state index >= 15 is 0 Å². The van der Waals surface area contributed by atoms with Crippen molar-refractivity contribution in [3.63, 3.8) is 0 Å². The highest BCUT2D eigenvalue weighted by Gasteiger charge is 2.49. The zero-order valence-corrected chi connectivity index (χ0v) is 23.3. The molecule has 42 heavy (non-hydrogen) atoms. The molecule has 0 saturated carbocycles. The summed E-state index contributed by atoms with van der Waals surface area (Å²) in [5, 5.41) is 16.4. The van der Waals surface area contributed by atoms with Gasteiger partial charge in [0.1, 0.15) is 12.1 Å². The van der Waals surface area contributed by atoms with E-state index < -0.39 is 41.6 Å². The fourth-order valence-corrected chi connectivity index (χ4v) is 5.81. The average Bonchev–Trinajstić information content (AvgIpc) is 3.31. The first-order valence-corrected chi connectivity index (χ1v) is 13.6. The van der Waals surface area contributed by atoms with Crippen molar-refractivity contribution in [1.29, 1.82) is 0 Å². The van der Waals surface area contributed by atoms with Gasteiger partial charge in [0.25, 0.3) is 0 Å². The minimum Gasteiger partial charge on any atom is -0.479 e. The summed E-state index contributed by atoms with van der Waals surface area (Å²) < 4.78 is 10.4. The smallest absolute Gasteiger partial charge is 0.335 e. The van der Waals surface area contributed by atoms with E-state index in [0.717, 1.165) is 33.4 Å². The van der Waals surface area contributed by atoms with Crippen molar-refractivity contribution in [3.8, 4) is 11.1 Å². The number of rotatable bonds is 11.